The average molecular weight is 256 g/mol. The highest BCUT2D eigenvalue weighted by Crippen LogP contribution is 2.26. The maximum Gasteiger partial charge on any atom is 0.317 e. The van der Waals surface area contributed by atoms with Gasteiger partial charge in [-0.25, -0.2) is 4.79 Å². The van der Waals surface area contributed by atoms with E-state index in [0.29, 0.717) is 12.5 Å². The Hall–Kier alpha value is -1.26. The molecular weight excluding hydrogens is 232 g/mol. The van der Waals surface area contributed by atoms with Crippen LogP contribution in [0.25, 0.3) is 0 Å². The number of carboxylic acid groups (broad SMARTS) is 1. The van der Waals surface area contributed by atoms with Gasteiger partial charge in [0.2, 0.25) is 0 Å². The van der Waals surface area contributed by atoms with Gasteiger partial charge in [-0.05, 0) is 38.5 Å². The molecule has 1 saturated heterocycles. The zero-order chi connectivity index (χ0) is 13.7. The molecule has 2 N–H and O–H groups in total. The summed E-state index contributed by atoms with van der Waals surface area (Å²) in [5, 5.41) is 11.7. The van der Waals surface area contributed by atoms with E-state index in [-0.39, 0.29) is 24.4 Å². The minimum absolute atomic E-state index is 0.0303. The molecule has 0 spiro atoms. The van der Waals surface area contributed by atoms with Crippen molar-refractivity contribution in [3.05, 3.63) is 0 Å². The van der Waals surface area contributed by atoms with E-state index in [4.69, 9.17) is 5.11 Å². The molecule has 0 aliphatic carbocycles. The standard InChI is InChI=1S/C13H24N2O3/c1-9(2)14-13(18)15-6-4-5-11(8-15)10(3)7-12(16)17/h9-11H,4-8H2,1-3H3,(H,14,18)(H,16,17). The highest BCUT2D eigenvalue weighted by atomic mass is 16.4. The van der Waals surface area contributed by atoms with Crippen LogP contribution in [-0.4, -0.2) is 41.1 Å². The van der Waals surface area contributed by atoms with Gasteiger partial charge >= 0.3 is 12.0 Å². The lowest BCUT2D eigenvalue weighted by Crippen LogP contribution is -2.48. The van der Waals surface area contributed by atoms with Crippen LogP contribution in [0.2, 0.25) is 0 Å². The molecule has 0 aromatic heterocycles. The lowest BCUT2D eigenvalue weighted by atomic mass is 9.85. The topological polar surface area (TPSA) is 69.6 Å². The molecule has 5 heteroatoms. The van der Waals surface area contributed by atoms with Crippen LogP contribution in [0.5, 0.6) is 0 Å². The van der Waals surface area contributed by atoms with Crippen LogP contribution in [0, 0.1) is 11.8 Å². The number of piperidine rings is 1. The van der Waals surface area contributed by atoms with E-state index in [1.807, 2.05) is 25.7 Å². The van der Waals surface area contributed by atoms with Crippen molar-refractivity contribution in [3.8, 4) is 0 Å². The quantitative estimate of drug-likeness (QED) is 0.807. The zero-order valence-corrected chi connectivity index (χ0v) is 11.5. The summed E-state index contributed by atoms with van der Waals surface area (Å²) >= 11 is 0. The molecule has 1 rings (SSSR count). The third-order valence-corrected chi connectivity index (χ3v) is 3.46. The van der Waals surface area contributed by atoms with Crippen LogP contribution in [-0.2, 0) is 4.79 Å². The van der Waals surface area contributed by atoms with Gasteiger partial charge in [-0.2, -0.15) is 0 Å². The second-order valence-electron chi connectivity index (χ2n) is 5.53. The Bertz CT molecular complexity index is 305. The second kappa shape index (κ2) is 6.61. The lowest BCUT2D eigenvalue weighted by molar-refractivity contribution is -0.138. The average Bonchev–Trinajstić information content (AvgIpc) is 2.27. The summed E-state index contributed by atoms with van der Waals surface area (Å²) in [6.45, 7) is 7.28. The minimum atomic E-state index is -0.758. The fraction of sp³-hybridized carbons (Fsp3) is 0.846. The summed E-state index contributed by atoms with van der Waals surface area (Å²) < 4.78 is 0. The number of aliphatic carboxylic acids is 1. The molecule has 18 heavy (non-hydrogen) atoms. The van der Waals surface area contributed by atoms with Crippen LogP contribution < -0.4 is 5.32 Å². The van der Waals surface area contributed by atoms with Gasteiger partial charge in [-0.15, -0.1) is 0 Å². The maximum absolute atomic E-state index is 11.9. The largest absolute Gasteiger partial charge is 0.481 e. The second-order valence-corrected chi connectivity index (χ2v) is 5.53. The molecule has 5 nitrogen and oxygen atoms in total. The number of carboxylic acids is 1. The van der Waals surface area contributed by atoms with Crippen LogP contribution in [0.15, 0.2) is 0 Å². The first-order chi connectivity index (χ1) is 8.40. The van der Waals surface area contributed by atoms with Crippen molar-refractivity contribution in [1.82, 2.24) is 10.2 Å². The van der Waals surface area contributed by atoms with Crippen LogP contribution >= 0.6 is 0 Å². The van der Waals surface area contributed by atoms with E-state index in [0.717, 1.165) is 19.4 Å². The monoisotopic (exact) mass is 256 g/mol. The van der Waals surface area contributed by atoms with Gasteiger partial charge in [-0.1, -0.05) is 6.92 Å². The van der Waals surface area contributed by atoms with Gasteiger partial charge in [0.05, 0.1) is 0 Å². The number of hydrogen-bond donors (Lipinski definition) is 2. The lowest BCUT2D eigenvalue weighted by Gasteiger charge is -2.35. The van der Waals surface area contributed by atoms with Crippen molar-refractivity contribution in [2.45, 2.75) is 46.1 Å². The van der Waals surface area contributed by atoms with Gasteiger partial charge in [0, 0.05) is 25.6 Å². The number of carbonyl (C=O) groups excluding carboxylic acids is 1. The highest BCUT2D eigenvalue weighted by molar-refractivity contribution is 5.74. The van der Waals surface area contributed by atoms with Gasteiger partial charge in [0.15, 0.2) is 0 Å². The fourth-order valence-corrected chi connectivity index (χ4v) is 2.44. The third kappa shape index (κ3) is 4.55. The number of nitrogens with zero attached hydrogens (tertiary/aromatic N) is 1. The maximum atomic E-state index is 11.9. The summed E-state index contributed by atoms with van der Waals surface area (Å²) in [5.41, 5.74) is 0. The number of likely N-dealkylation sites (tertiary alicyclic amines) is 1. The molecule has 1 aliphatic heterocycles. The van der Waals surface area contributed by atoms with Crippen LogP contribution in [0.1, 0.15) is 40.0 Å². The first-order valence-electron chi connectivity index (χ1n) is 6.67. The van der Waals surface area contributed by atoms with Crippen molar-refractivity contribution < 1.29 is 14.7 Å². The fourth-order valence-electron chi connectivity index (χ4n) is 2.44. The molecule has 0 radical (unpaired) electrons. The first kappa shape index (κ1) is 14.8. The molecule has 0 aromatic rings. The Morgan fingerprint density at radius 2 is 2.06 bits per heavy atom. The predicted octanol–water partition coefficient (Wildman–Crippen LogP) is 1.93. The van der Waals surface area contributed by atoms with E-state index in [1.165, 1.54) is 0 Å². The molecule has 0 saturated carbocycles. The summed E-state index contributed by atoms with van der Waals surface area (Å²) in [6, 6.07) is 0.103. The summed E-state index contributed by atoms with van der Waals surface area (Å²) in [6.07, 6.45) is 2.16. The zero-order valence-electron chi connectivity index (χ0n) is 11.5. The normalized spacial score (nSPS) is 21.8. The Kier molecular flexibility index (Phi) is 5.44. The van der Waals surface area contributed by atoms with Crippen LogP contribution in [0.4, 0.5) is 4.79 Å². The first-order valence-corrected chi connectivity index (χ1v) is 6.67. The molecule has 0 bridgehead atoms. The van der Waals surface area contributed by atoms with Crippen molar-refractivity contribution in [2.75, 3.05) is 13.1 Å². The predicted molar refractivity (Wildman–Crippen MR) is 69.4 cm³/mol. The smallest absolute Gasteiger partial charge is 0.317 e. The number of nitrogens with one attached hydrogen (secondary N) is 1. The summed E-state index contributed by atoms with van der Waals surface area (Å²) in [4.78, 5) is 24.4. The van der Waals surface area contributed by atoms with Gasteiger partial charge in [0.25, 0.3) is 0 Å². The SMILES string of the molecule is CC(C)NC(=O)N1CCCC(C(C)CC(=O)O)C1. The molecule has 1 heterocycles. The Balaban J connectivity index is 2.50. The van der Waals surface area contributed by atoms with E-state index in [1.54, 1.807) is 0 Å². The number of amides is 2. The van der Waals surface area contributed by atoms with E-state index < -0.39 is 5.97 Å². The Morgan fingerprint density at radius 1 is 1.39 bits per heavy atom. The van der Waals surface area contributed by atoms with Gasteiger partial charge in [-0.3, -0.25) is 4.79 Å². The molecule has 0 aromatic carbocycles. The third-order valence-electron chi connectivity index (χ3n) is 3.46. The summed E-state index contributed by atoms with van der Waals surface area (Å²) in [5.74, 6) is -0.337. The van der Waals surface area contributed by atoms with Gasteiger partial charge < -0.3 is 15.3 Å². The minimum Gasteiger partial charge on any atom is -0.481 e. The molecule has 1 fully saturated rings. The molecule has 104 valence electrons. The summed E-state index contributed by atoms with van der Waals surface area (Å²) in [7, 11) is 0. The van der Waals surface area contributed by atoms with E-state index in [9.17, 15) is 9.59 Å². The number of urea groups is 1. The highest BCUT2D eigenvalue weighted by Gasteiger charge is 2.28. The van der Waals surface area contributed by atoms with E-state index >= 15 is 0 Å². The number of hydrogen-bond acceptors (Lipinski definition) is 2. The molecule has 2 atom stereocenters. The number of rotatable bonds is 4. The van der Waals surface area contributed by atoms with Crippen molar-refractivity contribution >= 4 is 12.0 Å². The van der Waals surface area contributed by atoms with Gasteiger partial charge in [0.1, 0.15) is 0 Å². The molecule has 2 amide bonds. The molecule has 1 aliphatic rings. The Labute approximate surface area is 109 Å². The van der Waals surface area contributed by atoms with Crippen molar-refractivity contribution in [1.29, 1.82) is 0 Å². The van der Waals surface area contributed by atoms with Crippen LogP contribution in [0.3, 0.4) is 0 Å². The van der Waals surface area contributed by atoms with Crippen molar-refractivity contribution in [2.24, 2.45) is 11.8 Å². The van der Waals surface area contributed by atoms with E-state index in [2.05, 4.69) is 5.32 Å². The molecule has 2 unspecified atom stereocenters. The van der Waals surface area contributed by atoms with Crippen molar-refractivity contribution in [3.63, 3.8) is 0 Å². The Morgan fingerprint density at radius 3 is 2.61 bits per heavy atom. The number of carbonyl (C=O) groups is 2. The molecular formula is C13H24N2O3.